The van der Waals surface area contributed by atoms with E-state index in [1.54, 1.807) is 12.1 Å². The van der Waals surface area contributed by atoms with Crippen LogP contribution in [0.3, 0.4) is 0 Å². The Kier molecular flexibility index (Phi) is 7.37. The Morgan fingerprint density at radius 1 is 1.20 bits per heavy atom. The summed E-state index contributed by atoms with van der Waals surface area (Å²) in [5.74, 6) is 0.487. The third-order valence-corrected chi connectivity index (χ3v) is 5.72. The van der Waals surface area contributed by atoms with Crippen LogP contribution in [0.2, 0.25) is 0 Å². The number of hydrogen-bond acceptors (Lipinski definition) is 4. The summed E-state index contributed by atoms with van der Waals surface area (Å²) in [5.41, 5.74) is 1.25. The molecule has 1 aromatic rings. The predicted molar refractivity (Wildman–Crippen MR) is 120 cm³/mol. The van der Waals surface area contributed by atoms with E-state index in [9.17, 15) is 4.79 Å². The van der Waals surface area contributed by atoms with Gasteiger partial charge in [-0.05, 0) is 31.7 Å². The van der Waals surface area contributed by atoms with E-state index in [2.05, 4.69) is 23.3 Å². The van der Waals surface area contributed by atoms with Crippen LogP contribution in [-0.4, -0.2) is 62.8 Å². The molecule has 0 aromatic heterocycles. The van der Waals surface area contributed by atoms with Crippen LogP contribution in [0.5, 0.6) is 0 Å². The number of amidine groups is 1. The highest BCUT2D eigenvalue weighted by Gasteiger charge is 2.27. The first-order chi connectivity index (χ1) is 14.4. The number of amides is 1. The third kappa shape index (κ3) is 4.95. The molecule has 7 heteroatoms. The Balaban J connectivity index is 1.73. The van der Waals surface area contributed by atoms with Crippen LogP contribution in [0.4, 0.5) is 10.1 Å². The van der Waals surface area contributed by atoms with Gasteiger partial charge < -0.3 is 14.5 Å². The lowest BCUT2D eigenvalue weighted by atomic mass is 9.94. The van der Waals surface area contributed by atoms with Crippen LogP contribution in [0.15, 0.2) is 34.8 Å². The number of morpholine rings is 1. The summed E-state index contributed by atoms with van der Waals surface area (Å²) in [6.07, 6.45) is 1.53. The Morgan fingerprint density at radius 3 is 2.47 bits per heavy atom. The minimum Gasteiger partial charge on any atom is -0.378 e. The van der Waals surface area contributed by atoms with E-state index in [1.807, 2.05) is 29.7 Å². The van der Waals surface area contributed by atoms with Gasteiger partial charge in [-0.2, -0.15) is 0 Å². The molecule has 0 atom stereocenters. The Labute approximate surface area is 178 Å². The second-order valence-corrected chi connectivity index (χ2v) is 8.07. The fourth-order valence-electron chi connectivity index (χ4n) is 3.97. The van der Waals surface area contributed by atoms with Gasteiger partial charge in [-0.25, -0.2) is 14.4 Å². The molecule has 162 valence electrons. The Morgan fingerprint density at radius 2 is 1.87 bits per heavy atom. The van der Waals surface area contributed by atoms with E-state index in [0.717, 1.165) is 12.8 Å². The van der Waals surface area contributed by atoms with E-state index in [1.165, 1.54) is 0 Å². The molecule has 30 heavy (non-hydrogen) atoms. The van der Waals surface area contributed by atoms with Crippen LogP contribution < -0.4 is 4.90 Å². The Bertz CT molecular complexity index is 822. The summed E-state index contributed by atoms with van der Waals surface area (Å²) in [7, 11) is 0. The van der Waals surface area contributed by atoms with Crippen LogP contribution in [0.1, 0.15) is 32.3 Å². The lowest BCUT2D eigenvalue weighted by Crippen LogP contribution is -2.41. The molecule has 0 radical (unpaired) electrons. The number of aliphatic imine (C=N–C) groups is 2. The largest absolute Gasteiger partial charge is 0.378 e. The lowest BCUT2D eigenvalue weighted by molar-refractivity contribution is -0.135. The van der Waals surface area contributed by atoms with E-state index in [4.69, 9.17) is 4.74 Å². The molecule has 2 aliphatic heterocycles. The summed E-state index contributed by atoms with van der Waals surface area (Å²) in [5, 5.41) is 0. The molecule has 0 unspecified atom stereocenters. The number of rotatable bonds is 5. The molecule has 0 bridgehead atoms. The maximum atomic E-state index is 15.2. The van der Waals surface area contributed by atoms with Crippen molar-refractivity contribution in [1.82, 2.24) is 4.90 Å². The number of nitrogens with zero attached hydrogens (tertiary/aromatic N) is 4. The number of ether oxygens (including phenoxy) is 1. The normalized spacial score (nSPS) is 18.6. The minimum absolute atomic E-state index is 0.00582. The van der Waals surface area contributed by atoms with Crippen molar-refractivity contribution in [3.63, 3.8) is 0 Å². The number of likely N-dealkylation sites (tertiary alicyclic amines) is 1. The molecule has 6 nitrogen and oxygen atoms in total. The van der Waals surface area contributed by atoms with Gasteiger partial charge in [0, 0.05) is 43.6 Å². The van der Waals surface area contributed by atoms with Crippen molar-refractivity contribution in [3.8, 4) is 0 Å². The summed E-state index contributed by atoms with van der Waals surface area (Å²) >= 11 is 0. The maximum Gasteiger partial charge on any atom is 0.225 e. The second-order valence-electron chi connectivity index (χ2n) is 8.07. The average molecular weight is 415 g/mol. The van der Waals surface area contributed by atoms with Crippen molar-refractivity contribution in [2.75, 3.05) is 44.3 Å². The highest BCUT2D eigenvalue weighted by molar-refractivity contribution is 5.93. The molecular weight excluding hydrogens is 383 g/mol. The molecule has 2 fully saturated rings. The molecule has 3 rings (SSSR count). The Hall–Kier alpha value is -2.54. The number of benzene rings is 1. The first kappa shape index (κ1) is 22.2. The van der Waals surface area contributed by atoms with Gasteiger partial charge in [0.2, 0.25) is 5.91 Å². The monoisotopic (exact) mass is 414 g/mol. The molecule has 1 amide bonds. The summed E-state index contributed by atoms with van der Waals surface area (Å²) in [4.78, 5) is 24.7. The maximum absolute atomic E-state index is 15.2. The molecule has 0 spiro atoms. The van der Waals surface area contributed by atoms with Crippen molar-refractivity contribution in [3.05, 3.63) is 36.2 Å². The summed E-state index contributed by atoms with van der Waals surface area (Å²) < 4.78 is 20.6. The van der Waals surface area contributed by atoms with Crippen molar-refractivity contribution in [1.29, 1.82) is 0 Å². The number of carbonyl (C=O) groups excluding carboxylic acids is 1. The third-order valence-electron chi connectivity index (χ3n) is 5.72. The summed E-state index contributed by atoms with van der Waals surface area (Å²) in [6, 6.07) is 5.28. The fourth-order valence-corrected chi connectivity index (χ4v) is 3.97. The van der Waals surface area contributed by atoms with Gasteiger partial charge in [-0.15, -0.1) is 0 Å². The molecule has 0 N–H and O–H groups in total. The zero-order valence-electron chi connectivity index (χ0n) is 17.9. The molecule has 2 aliphatic rings. The van der Waals surface area contributed by atoms with Crippen LogP contribution in [-0.2, 0) is 9.53 Å². The zero-order valence-corrected chi connectivity index (χ0v) is 17.9. The molecule has 2 heterocycles. The van der Waals surface area contributed by atoms with Gasteiger partial charge in [0.25, 0.3) is 0 Å². The van der Waals surface area contributed by atoms with E-state index in [-0.39, 0.29) is 23.6 Å². The molecule has 0 saturated carbocycles. The smallest absolute Gasteiger partial charge is 0.225 e. The topological polar surface area (TPSA) is 57.5 Å². The van der Waals surface area contributed by atoms with Crippen molar-refractivity contribution in [2.45, 2.75) is 26.7 Å². The number of halogens is 1. The number of carbonyl (C=O) groups is 1. The number of hydrogen-bond donors (Lipinski definition) is 0. The van der Waals surface area contributed by atoms with E-state index < -0.39 is 0 Å². The van der Waals surface area contributed by atoms with Gasteiger partial charge in [0.05, 0.1) is 24.6 Å². The van der Waals surface area contributed by atoms with Crippen LogP contribution in [0.25, 0.3) is 5.70 Å². The van der Waals surface area contributed by atoms with Crippen LogP contribution >= 0.6 is 0 Å². The van der Waals surface area contributed by atoms with Gasteiger partial charge >= 0.3 is 0 Å². The van der Waals surface area contributed by atoms with Gasteiger partial charge in [-0.1, -0.05) is 26.5 Å². The van der Waals surface area contributed by atoms with Gasteiger partial charge in [0.15, 0.2) is 5.82 Å². The molecule has 2 saturated heterocycles. The molecule has 0 aliphatic carbocycles. The van der Waals surface area contributed by atoms with Gasteiger partial charge in [0.1, 0.15) is 5.84 Å². The fraction of sp³-hybridized carbons (Fsp3) is 0.522. The highest BCUT2D eigenvalue weighted by Crippen LogP contribution is 2.29. The first-order valence-electron chi connectivity index (χ1n) is 10.6. The van der Waals surface area contributed by atoms with Crippen LogP contribution in [0, 0.1) is 17.7 Å². The SMILES string of the molecule is C=NC(=NC(=C)c1cccc(N2CCOCC2)c1F)C1CCN(C(=O)C(C)C)CC1. The van der Waals surface area contributed by atoms with Gasteiger partial charge in [-0.3, -0.25) is 4.79 Å². The minimum atomic E-state index is -0.325. The second kappa shape index (κ2) is 9.98. The molecular formula is C23H31FN4O2. The number of anilines is 1. The highest BCUT2D eigenvalue weighted by atomic mass is 19.1. The first-order valence-corrected chi connectivity index (χ1v) is 10.6. The predicted octanol–water partition coefficient (Wildman–Crippen LogP) is 3.63. The molecule has 1 aromatic carbocycles. The van der Waals surface area contributed by atoms with Crippen molar-refractivity contribution < 1.29 is 13.9 Å². The van der Waals surface area contributed by atoms with E-state index in [0.29, 0.717) is 62.2 Å². The standard InChI is InChI=1S/C23H31FN4O2/c1-16(2)23(29)28-10-8-18(9-11-28)22(25-4)26-17(3)19-6-5-7-20(21(19)24)27-12-14-30-15-13-27/h5-7,16,18H,3-4,8-15H2,1-2H3. The number of piperidine rings is 1. The lowest BCUT2D eigenvalue weighted by Gasteiger charge is -2.32. The van der Waals surface area contributed by atoms with Crippen molar-refractivity contribution >= 4 is 29.8 Å². The van der Waals surface area contributed by atoms with E-state index >= 15 is 4.39 Å². The average Bonchev–Trinajstić information content (AvgIpc) is 2.77. The van der Waals surface area contributed by atoms with Crippen molar-refractivity contribution in [2.24, 2.45) is 21.8 Å². The quantitative estimate of drug-likeness (QED) is 0.546. The summed E-state index contributed by atoms with van der Waals surface area (Å²) in [6.45, 7) is 15.3. The zero-order chi connectivity index (χ0) is 21.7.